The predicted molar refractivity (Wildman–Crippen MR) is 86.4 cm³/mol. The van der Waals surface area contributed by atoms with Gasteiger partial charge in [-0.25, -0.2) is 4.39 Å². The number of furan rings is 1. The number of carbonyl (C=O) groups excluding carboxylic acids is 1. The van der Waals surface area contributed by atoms with Crippen molar-refractivity contribution in [3.63, 3.8) is 0 Å². The van der Waals surface area contributed by atoms with Gasteiger partial charge in [-0.05, 0) is 36.2 Å². The number of hydrogen-bond donors (Lipinski definition) is 1. The van der Waals surface area contributed by atoms with Gasteiger partial charge < -0.3 is 9.73 Å². The van der Waals surface area contributed by atoms with Crippen LogP contribution in [0.5, 0.6) is 0 Å². The molecule has 0 saturated heterocycles. The Kier molecular flexibility index (Phi) is 4.24. The predicted octanol–water partition coefficient (Wildman–Crippen LogP) is 4.31. The molecule has 1 N–H and O–H groups in total. The van der Waals surface area contributed by atoms with Gasteiger partial charge in [0.05, 0.1) is 0 Å². The van der Waals surface area contributed by atoms with E-state index in [1.807, 2.05) is 12.1 Å². The molecular weight excluding hydrogens is 349 g/mol. The van der Waals surface area contributed by atoms with Crippen molar-refractivity contribution in [1.29, 1.82) is 0 Å². The second kappa shape index (κ2) is 6.32. The number of halogens is 2. The van der Waals surface area contributed by atoms with Crippen molar-refractivity contribution in [2.45, 2.75) is 6.42 Å². The third-order valence-electron chi connectivity index (χ3n) is 3.37. The van der Waals surface area contributed by atoms with Crippen molar-refractivity contribution in [1.82, 2.24) is 5.32 Å². The number of fused-ring (bicyclic) bond motifs is 1. The molecule has 1 amide bonds. The van der Waals surface area contributed by atoms with E-state index in [9.17, 15) is 9.18 Å². The summed E-state index contributed by atoms with van der Waals surface area (Å²) in [5.41, 5.74) is 1.23. The molecule has 0 fully saturated rings. The molecule has 0 saturated carbocycles. The molecule has 0 spiro atoms. The SMILES string of the molecule is O=C(NCCc1ccccc1F)c1cc2c(Br)cccc2o1. The molecule has 22 heavy (non-hydrogen) atoms. The Morgan fingerprint density at radius 2 is 2.00 bits per heavy atom. The van der Waals surface area contributed by atoms with E-state index in [1.165, 1.54) is 6.07 Å². The summed E-state index contributed by atoms with van der Waals surface area (Å²) in [6.07, 6.45) is 0.433. The van der Waals surface area contributed by atoms with E-state index in [4.69, 9.17) is 4.42 Å². The molecule has 3 aromatic rings. The van der Waals surface area contributed by atoms with Gasteiger partial charge in [-0.3, -0.25) is 4.79 Å². The Morgan fingerprint density at radius 1 is 1.18 bits per heavy atom. The first-order chi connectivity index (χ1) is 10.6. The van der Waals surface area contributed by atoms with Crippen LogP contribution in [-0.2, 0) is 6.42 Å². The van der Waals surface area contributed by atoms with E-state index in [0.29, 0.717) is 24.1 Å². The van der Waals surface area contributed by atoms with Gasteiger partial charge in [0, 0.05) is 16.4 Å². The maximum absolute atomic E-state index is 13.5. The summed E-state index contributed by atoms with van der Waals surface area (Å²) in [7, 11) is 0. The molecule has 112 valence electrons. The minimum Gasteiger partial charge on any atom is -0.451 e. The lowest BCUT2D eigenvalue weighted by Crippen LogP contribution is -2.25. The third-order valence-corrected chi connectivity index (χ3v) is 4.06. The summed E-state index contributed by atoms with van der Waals surface area (Å²) in [5, 5.41) is 3.59. The Hall–Kier alpha value is -2.14. The topological polar surface area (TPSA) is 42.2 Å². The van der Waals surface area contributed by atoms with Gasteiger partial charge in [-0.2, -0.15) is 0 Å². The van der Waals surface area contributed by atoms with Crippen LogP contribution < -0.4 is 5.32 Å². The van der Waals surface area contributed by atoms with Crippen LogP contribution in [0.25, 0.3) is 11.0 Å². The largest absolute Gasteiger partial charge is 0.451 e. The molecule has 0 aliphatic carbocycles. The Labute approximate surface area is 135 Å². The van der Waals surface area contributed by atoms with E-state index < -0.39 is 0 Å². The van der Waals surface area contributed by atoms with Crippen molar-refractivity contribution in [3.05, 3.63) is 70.1 Å². The van der Waals surface area contributed by atoms with E-state index >= 15 is 0 Å². The van der Waals surface area contributed by atoms with Crippen molar-refractivity contribution in [2.75, 3.05) is 6.54 Å². The molecule has 0 bridgehead atoms. The Balaban J connectivity index is 1.66. The van der Waals surface area contributed by atoms with Gasteiger partial charge in [0.1, 0.15) is 11.4 Å². The van der Waals surface area contributed by atoms with Crippen LogP contribution in [-0.4, -0.2) is 12.5 Å². The maximum atomic E-state index is 13.5. The quantitative estimate of drug-likeness (QED) is 0.752. The highest BCUT2D eigenvalue weighted by atomic mass is 79.9. The van der Waals surface area contributed by atoms with Gasteiger partial charge >= 0.3 is 0 Å². The number of rotatable bonds is 4. The molecule has 5 heteroatoms. The average molecular weight is 362 g/mol. The van der Waals surface area contributed by atoms with Crippen molar-refractivity contribution in [2.24, 2.45) is 0 Å². The van der Waals surface area contributed by atoms with Crippen LogP contribution in [0.1, 0.15) is 16.1 Å². The molecule has 3 rings (SSSR count). The minimum atomic E-state index is -0.306. The second-order valence-corrected chi connectivity index (χ2v) is 5.71. The third kappa shape index (κ3) is 3.04. The zero-order valence-corrected chi connectivity index (χ0v) is 13.2. The number of nitrogens with one attached hydrogen (secondary N) is 1. The van der Waals surface area contributed by atoms with Crippen molar-refractivity contribution < 1.29 is 13.6 Å². The molecule has 2 aromatic carbocycles. The van der Waals surface area contributed by atoms with Gasteiger partial charge in [0.2, 0.25) is 0 Å². The summed E-state index contributed by atoms with van der Waals surface area (Å²) < 4.78 is 19.9. The van der Waals surface area contributed by atoms with Gasteiger partial charge in [-0.1, -0.05) is 40.2 Å². The molecule has 1 aromatic heterocycles. The van der Waals surface area contributed by atoms with Crippen LogP contribution in [0.15, 0.2) is 57.4 Å². The second-order valence-electron chi connectivity index (χ2n) is 4.86. The maximum Gasteiger partial charge on any atom is 0.287 e. The Bertz CT molecular complexity index is 828. The molecule has 0 atom stereocenters. The van der Waals surface area contributed by atoms with Crippen molar-refractivity contribution in [3.8, 4) is 0 Å². The highest BCUT2D eigenvalue weighted by Crippen LogP contribution is 2.26. The molecule has 0 aliphatic heterocycles. The highest BCUT2D eigenvalue weighted by molar-refractivity contribution is 9.10. The smallest absolute Gasteiger partial charge is 0.287 e. The molecule has 1 heterocycles. The van der Waals surface area contributed by atoms with E-state index in [-0.39, 0.29) is 17.5 Å². The van der Waals surface area contributed by atoms with Crippen LogP contribution in [0, 0.1) is 5.82 Å². The zero-order valence-electron chi connectivity index (χ0n) is 11.6. The molecular formula is C17H13BrFNO2. The summed E-state index contributed by atoms with van der Waals surface area (Å²) in [5.74, 6) is -0.320. The molecule has 0 aliphatic rings. The van der Waals surface area contributed by atoms with Crippen LogP contribution in [0.4, 0.5) is 4.39 Å². The summed E-state index contributed by atoms with van der Waals surface area (Å²) >= 11 is 3.42. The number of benzene rings is 2. The monoisotopic (exact) mass is 361 g/mol. The van der Waals surface area contributed by atoms with E-state index in [0.717, 1.165) is 9.86 Å². The fraction of sp³-hybridized carbons (Fsp3) is 0.118. The fourth-order valence-corrected chi connectivity index (χ4v) is 2.70. The van der Waals surface area contributed by atoms with E-state index in [2.05, 4.69) is 21.2 Å². The van der Waals surface area contributed by atoms with Gasteiger partial charge in [0.25, 0.3) is 5.91 Å². The first-order valence-corrected chi connectivity index (χ1v) is 7.64. The summed E-state index contributed by atoms with van der Waals surface area (Å²) in [6, 6.07) is 13.8. The molecule has 3 nitrogen and oxygen atoms in total. The molecule has 0 radical (unpaired) electrons. The lowest BCUT2D eigenvalue weighted by atomic mass is 10.1. The standard InChI is InChI=1S/C17H13BrFNO2/c18-13-5-3-7-15-12(13)10-16(22-15)17(21)20-9-8-11-4-1-2-6-14(11)19/h1-7,10H,8-9H2,(H,20,21). The van der Waals surface area contributed by atoms with Crippen LogP contribution >= 0.6 is 15.9 Å². The average Bonchev–Trinajstić information content (AvgIpc) is 2.95. The first-order valence-electron chi connectivity index (χ1n) is 6.85. The number of hydrogen-bond acceptors (Lipinski definition) is 2. The van der Waals surface area contributed by atoms with Gasteiger partial charge in [0.15, 0.2) is 5.76 Å². The summed E-state index contributed by atoms with van der Waals surface area (Å²) in [4.78, 5) is 12.1. The van der Waals surface area contributed by atoms with Crippen LogP contribution in [0.2, 0.25) is 0 Å². The van der Waals surface area contributed by atoms with Gasteiger partial charge in [-0.15, -0.1) is 0 Å². The zero-order chi connectivity index (χ0) is 15.5. The van der Waals surface area contributed by atoms with Crippen LogP contribution in [0.3, 0.4) is 0 Å². The normalized spacial score (nSPS) is 10.8. The highest BCUT2D eigenvalue weighted by Gasteiger charge is 2.13. The lowest BCUT2D eigenvalue weighted by Gasteiger charge is -2.04. The van der Waals surface area contributed by atoms with Crippen molar-refractivity contribution >= 4 is 32.8 Å². The Morgan fingerprint density at radius 3 is 2.77 bits per heavy atom. The molecule has 0 unspecified atom stereocenters. The van der Waals surface area contributed by atoms with E-state index in [1.54, 1.807) is 30.3 Å². The summed E-state index contributed by atoms with van der Waals surface area (Å²) in [6.45, 7) is 0.345. The fourth-order valence-electron chi connectivity index (χ4n) is 2.24. The first kappa shape index (κ1) is 14.8. The lowest BCUT2D eigenvalue weighted by molar-refractivity contribution is 0.0928. The number of carbonyl (C=O) groups is 1. The minimum absolute atomic E-state index is 0.246. The number of amides is 1.